The molecule has 2 radical (unpaired) electrons. The van der Waals surface area contributed by atoms with Crippen molar-refractivity contribution in [2.45, 2.75) is 5.41 Å². The highest BCUT2D eigenvalue weighted by molar-refractivity contribution is 6.32. The molecule has 1 aliphatic carbocycles. The number of para-hydroxylation sites is 3. The summed E-state index contributed by atoms with van der Waals surface area (Å²) in [6, 6.07) is 43.5. The van der Waals surface area contributed by atoms with E-state index in [0.717, 1.165) is 11.2 Å². The lowest BCUT2D eigenvalue weighted by molar-refractivity contribution is 0.753. The number of hydrogen-bond acceptors (Lipinski definition) is 1. The topological polar surface area (TPSA) is 3.24 Å². The third kappa shape index (κ3) is 2.33. The zero-order valence-corrected chi connectivity index (χ0v) is 18.1. The van der Waals surface area contributed by atoms with Crippen LogP contribution < -0.4 is 10.4 Å². The molecule has 2 aliphatic rings. The Morgan fingerprint density at radius 2 is 1.03 bits per heavy atom. The highest BCUT2D eigenvalue weighted by Gasteiger charge is 2.51. The van der Waals surface area contributed by atoms with Gasteiger partial charge in [0.25, 0.3) is 0 Å². The van der Waals surface area contributed by atoms with Gasteiger partial charge in [-0.2, -0.15) is 0 Å². The first-order valence-corrected chi connectivity index (χ1v) is 11.3. The van der Waals surface area contributed by atoms with Crippen LogP contribution in [0.3, 0.4) is 0 Å². The summed E-state index contributed by atoms with van der Waals surface area (Å²) in [6.45, 7) is 0. The van der Waals surface area contributed by atoms with Crippen molar-refractivity contribution in [2.75, 3.05) is 4.90 Å². The number of anilines is 3. The van der Waals surface area contributed by atoms with Crippen molar-refractivity contribution in [3.8, 4) is 11.1 Å². The first-order valence-electron chi connectivity index (χ1n) is 11.3. The summed E-state index contributed by atoms with van der Waals surface area (Å²) >= 11 is 0. The van der Waals surface area contributed by atoms with Crippen molar-refractivity contribution >= 4 is 30.4 Å². The summed E-state index contributed by atoms with van der Waals surface area (Å²) in [7, 11) is 6.40. The van der Waals surface area contributed by atoms with E-state index in [0.29, 0.717) is 0 Å². The Hall–Kier alpha value is -4.04. The van der Waals surface area contributed by atoms with Crippen LogP contribution in [0.15, 0.2) is 121 Å². The van der Waals surface area contributed by atoms with E-state index in [1.807, 2.05) is 6.07 Å². The Bertz CT molecular complexity index is 1490. The van der Waals surface area contributed by atoms with E-state index in [4.69, 9.17) is 7.85 Å². The smallest absolute Gasteiger partial charge is 0.113 e. The predicted octanol–water partition coefficient (Wildman–Crippen LogP) is 6.63. The van der Waals surface area contributed by atoms with E-state index in [1.54, 1.807) is 0 Å². The van der Waals surface area contributed by atoms with Crippen LogP contribution in [0.1, 0.15) is 22.3 Å². The van der Waals surface area contributed by atoms with Crippen LogP contribution in [0.4, 0.5) is 17.1 Å². The molecule has 0 saturated carbocycles. The van der Waals surface area contributed by atoms with Crippen molar-refractivity contribution < 1.29 is 0 Å². The van der Waals surface area contributed by atoms with Gasteiger partial charge in [0.2, 0.25) is 0 Å². The van der Waals surface area contributed by atoms with Gasteiger partial charge in [0.1, 0.15) is 7.85 Å². The number of hydrogen-bond donors (Lipinski definition) is 0. The Kier molecular flexibility index (Phi) is 3.78. The van der Waals surface area contributed by atoms with Crippen LogP contribution in [0.5, 0.6) is 0 Å². The zero-order chi connectivity index (χ0) is 22.0. The average Bonchev–Trinajstić information content (AvgIpc) is 3.15. The third-order valence-corrected chi connectivity index (χ3v) is 7.18. The molecule has 0 saturated heterocycles. The Labute approximate surface area is 195 Å². The van der Waals surface area contributed by atoms with Crippen molar-refractivity contribution in [2.24, 2.45) is 0 Å². The summed E-state index contributed by atoms with van der Waals surface area (Å²) in [5.74, 6) is 0. The quantitative estimate of drug-likeness (QED) is 0.271. The van der Waals surface area contributed by atoms with Crippen molar-refractivity contribution in [1.82, 2.24) is 0 Å². The molecule has 7 rings (SSSR count). The molecule has 0 unspecified atom stereocenters. The van der Waals surface area contributed by atoms with E-state index in [2.05, 4.69) is 120 Å². The second-order valence-corrected chi connectivity index (χ2v) is 8.81. The summed E-state index contributed by atoms with van der Waals surface area (Å²) in [4.78, 5) is 2.39. The van der Waals surface area contributed by atoms with Gasteiger partial charge in [-0.05, 0) is 57.6 Å². The molecule has 5 aromatic rings. The molecule has 0 fully saturated rings. The summed E-state index contributed by atoms with van der Waals surface area (Å²) in [5.41, 5.74) is 11.6. The van der Waals surface area contributed by atoms with Gasteiger partial charge < -0.3 is 4.90 Å². The number of benzene rings is 5. The molecule has 33 heavy (non-hydrogen) atoms. The lowest BCUT2D eigenvalue weighted by Gasteiger charge is -2.45. The van der Waals surface area contributed by atoms with Crippen molar-refractivity contribution in [3.63, 3.8) is 0 Å². The van der Waals surface area contributed by atoms with E-state index < -0.39 is 5.41 Å². The molecule has 0 amide bonds. The minimum Gasteiger partial charge on any atom is -0.310 e. The SMILES string of the molecule is [B]c1ccc2c(c1)C1(c3ccccc3-2)c2ccccc2N(c2ccccc2)c2ccccc21. The fourth-order valence-electron chi connectivity index (χ4n) is 5.98. The van der Waals surface area contributed by atoms with E-state index in [-0.39, 0.29) is 0 Å². The second-order valence-electron chi connectivity index (χ2n) is 8.81. The fourth-order valence-corrected chi connectivity index (χ4v) is 5.98. The lowest BCUT2D eigenvalue weighted by atomic mass is 9.64. The molecule has 1 spiro atoms. The molecule has 1 aliphatic heterocycles. The predicted molar refractivity (Wildman–Crippen MR) is 137 cm³/mol. The number of nitrogens with zero attached hydrogens (tertiary/aromatic N) is 1. The number of rotatable bonds is 1. The molecule has 0 atom stereocenters. The van der Waals surface area contributed by atoms with E-state index in [9.17, 15) is 0 Å². The molecule has 0 aromatic heterocycles. The molecule has 0 N–H and O–H groups in total. The highest BCUT2D eigenvalue weighted by atomic mass is 15.2. The standard InChI is InChI=1S/C31H20BN/c32-21-18-19-24-23-12-4-5-13-25(23)31(28(24)20-21)26-14-6-8-16-29(26)33(22-10-2-1-3-11-22)30-17-9-7-15-27(30)31/h1-20H. The van der Waals surface area contributed by atoms with Crippen molar-refractivity contribution in [1.29, 1.82) is 0 Å². The van der Waals surface area contributed by atoms with Gasteiger partial charge in [0.15, 0.2) is 0 Å². The Balaban J connectivity index is 1.68. The van der Waals surface area contributed by atoms with Gasteiger partial charge in [0, 0.05) is 5.69 Å². The van der Waals surface area contributed by atoms with Gasteiger partial charge >= 0.3 is 0 Å². The average molecular weight is 417 g/mol. The van der Waals surface area contributed by atoms with Gasteiger partial charge in [-0.15, -0.1) is 0 Å². The fraction of sp³-hybridized carbons (Fsp3) is 0.0323. The molecule has 152 valence electrons. The zero-order valence-electron chi connectivity index (χ0n) is 18.1. The molecule has 5 aromatic carbocycles. The molecule has 0 bridgehead atoms. The van der Waals surface area contributed by atoms with Crippen LogP contribution in [0.25, 0.3) is 11.1 Å². The monoisotopic (exact) mass is 417 g/mol. The van der Waals surface area contributed by atoms with Crippen LogP contribution in [0.2, 0.25) is 0 Å². The minimum atomic E-state index is -0.417. The maximum Gasteiger partial charge on any atom is 0.113 e. The molecule has 1 nitrogen and oxygen atoms in total. The van der Waals surface area contributed by atoms with Gasteiger partial charge in [0.05, 0.1) is 16.8 Å². The molecule has 1 heterocycles. The van der Waals surface area contributed by atoms with Crippen LogP contribution in [0, 0.1) is 0 Å². The Morgan fingerprint density at radius 3 is 1.73 bits per heavy atom. The van der Waals surface area contributed by atoms with Crippen molar-refractivity contribution in [3.05, 3.63) is 144 Å². The maximum atomic E-state index is 6.40. The Morgan fingerprint density at radius 1 is 0.485 bits per heavy atom. The minimum absolute atomic E-state index is 0.417. The normalized spacial score (nSPS) is 14.4. The van der Waals surface area contributed by atoms with Gasteiger partial charge in [-0.25, -0.2) is 0 Å². The largest absolute Gasteiger partial charge is 0.310 e. The van der Waals surface area contributed by atoms with Crippen LogP contribution in [-0.2, 0) is 5.41 Å². The summed E-state index contributed by atoms with van der Waals surface area (Å²) in [6.07, 6.45) is 0. The highest BCUT2D eigenvalue weighted by Crippen LogP contribution is 2.62. The van der Waals surface area contributed by atoms with E-state index >= 15 is 0 Å². The van der Waals surface area contributed by atoms with E-state index in [1.165, 1.54) is 44.8 Å². The molecular formula is C31H20BN. The van der Waals surface area contributed by atoms with Gasteiger partial charge in [-0.1, -0.05) is 103 Å². The van der Waals surface area contributed by atoms with Gasteiger partial charge in [-0.3, -0.25) is 0 Å². The third-order valence-electron chi connectivity index (χ3n) is 7.18. The first kappa shape index (κ1) is 18.5. The summed E-state index contributed by atoms with van der Waals surface area (Å²) in [5, 5.41) is 0. The molecular weight excluding hydrogens is 397 g/mol. The maximum absolute atomic E-state index is 6.40. The van der Waals surface area contributed by atoms with Crippen LogP contribution in [-0.4, -0.2) is 7.85 Å². The van der Waals surface area contributed by atoms with Crippen LogP contribution >= 0.6 is 0 Å². The molecule has 2 heteroatoms. The second kappa shape index (κ2) is 6.73. The first-order chi connectivity index (χ1) is 16.3. The number of fused-ring (bicyclic) bond motifs is 9. The lowest BCUT2D eigenvalue weighted by Crippen LogP contribution is -2.36. The summed E-state index contributed by atoms with van der Waals surface area (Å²) < 4.78 is 0.